The van der Waals surface area contributed by atoms with Gasteiger partial charge in [0.1, 0.15) is 79.4 Å². The first-order valence-electron chi connectivity index (χ1n) is 16.5. The highest BCUT2D eigenvalue weighted by atomic mass is 79.9. The van der Waals surface area contributed by atoms with E-state index in [4.69, 9.17) is 33.2 Å². The molecule has 23 nitrogen and oxygen atoms in total. The van der Waals surface area contributed by atoms with Crippen molar-refractivity contribution in [1.82, 2.24) is 5.32 Å². The number of hydrogen-bond acceptors (Lipinski definition) is 21. The standard InChI is InChI=1S/C29H48BrNO22/c1-7-15(38)18(41)19(42)26(47-7)51-22-13(30)25(44)48-12(6-34)21(22)50-27-20(43)24(17(40)11(5-33)49-27)53-29(28(45)46)3-9(36)14(31-8(2)35)23(52-29)16(39)10(37)4-32/h7,9-27,32-34,36-44H,3-6H2,1-2H3,(H,31,35)(H,45,46)/t7-,9+,10-,11-,12-,13+,14-,15+,16-,17+,18+,19-,20-,21-,22-,23-,24+,25?,26-,27+,29+/m1/s1. The first-order valence-corrected chi connectivity index (χ1v) is 17.5. The normalized spacial score (nSPS) is 47.8. The quantitative estimate of drug-likeness (QED) is 0.0766. The van der Waals surface area contributed by atoms with Crippen molar-refractivity contribution in [3.05, 3.63) is 0 Å². The smallest absolute Gasteiger partial charge is 0.364 e. The number of carboxylic acid groups (broad SMARTS) is 1. The Labute approximate surface area is 309 Å². The lowest BCUT2D eigenvalue weighted by atomic mass is 9.88. The second-order valence-corrected chi connectivity index (χ2v) is 14.3. The van der Waals surface area contributed by atoms with Gasteiger partial charge in [0.25, 0.3) is 5.79 Å². The van der Waals surface area contributed by atoms with Crippen molar-refractivity contribution in [1.29, 1.82) is 0 Å². The van der Waals surface area contributed by atoms with Gasteiger partial charge in [0.15, 0.2) is 18.9 Å². The van der Waals surface area contributed by atoms with E-state index in [1.807, 2.05) is 0 Å². The number of aliphatic carboxylic acids is 1. The highest BCUT2D eigenvalue weighted by Crippen LogP contribution is 2.39. The zero-order valence-electron chi connectivity index (χ0n) is 28.2. The largest absolute Gasteiger partial charge is 0.477 e. The van der Waals surface area contributed by atoms with E-state index in [0.717, 1.165) is 6.92 Å². The number of amides is 1. The Balaban J connectivity index is 1.66. The van der Waals surface area contributed by atoms with Gasteiger partial charge < -0.3 is 105 Å². The van der Waals surface area contributed by atoms with Crippen molar-refractivity contribution < 1.29 is 109 Å². The molecule has 0 aromatic heterocycles. The van der Waals surface area contributed by atoms with E-state index >= 15 is 0 Å². The number of aliphatic hydroxyl groups excluding tert-OH is 12. The first-order chi connectivity index (χ1) is 24.8. The van der Waals surface area contributed by atoms with E-state index in [-0.39, 0.29) is 0 Å². The summed E-state index contributed by atoms with van der Waals surface area (Å²) in [5, 5.41) is 138. The van der Waals surface area contributed by atoms with Crippen LogP contribution in [0.5, 0.6) is 0 Å². The molecule has 0 aromatic rings. The van der Waals surface area contributed by atoms with E-state index in [2.05, 4.69) is 21.2 Å². The SMILES string of the molecule is CC(=O)N[C@H]1[C@H]([C@H](O)[C@H](O)CO)O[C@@](O[C@H]2[C@@H](O)[C@@H](CO)O[C@@H](O[C@H]3[C@H](O[C@H]4O[C@H](C)[C@H](O)[C@H](O)[C@H]4O)[C@H](Br)C(O)O[C@@H]3CO)[C@@H]2O)(C(=O)O)C[C@@H]1O. The molecule has 14 N–H and O–H groups in total. The molecule has 1 unspecified atom stereocenters. The Morgan fingerprint density at radius 1 is 0.830 bits per heavy atom. The number of rotatable bonds is 13. The molecule has 1 amide bonds. The number of hydrogen-bond donors (Lipinski definition) is 14. The van der Waals surface area contributed by atoms with Gasteiger partial charge >= 0.3 is 5.97 Å². The molecule has 0 aromatic carbocycles. The van der Waals surface area contributed by atoms with Gasteiger partial charge in [0.2, 0.25) is 5.91 Å². The van der Waals surface area contributed by atoms with Gasteiger partial charge in [0.05, 0.1) is 42.9 Å². The number of nitrogens with one attached hydrogen (secondary N) is 1. The zero-order valence-corrected chi connectivity index (χ0v) is 29.8. The third-order valence-electron chi connectivity index (χ3n) is 9.50. The number of carbonyl (C=O) groups excluding carboxylic acids is 1. The molecule has 4 aliphatic rings. The molecule has 53 heavy (non-hydrogen) atoms. The molecule has 4 heterocycles. The van der Waals surface area contributed by atoms with E-state index < -0.39 is 165 Å². The van der Waals surface area contributed by atoms with E-state index in [1.54, 1.807) is 0 Å². The van der Waals surface area contributed by atoms with Gasteiger partial charge in [-0.25, -0.2) is 4.79 Å². The first kappa shape index (κ1) is 44.4. The van der Waals surface area contributed by atoms with Gasteiger partial charge in [-0.1, -0.05) is 15.9 Å². The zero-order chi connectivity index (χ0) is 39.7. The number of alkyl halides is 1. The van der Waals surface area contributed by atoms with E-state index in [0.29, 0.717) is 0 Å². The summed E-state index contributed by atoms with van der Waals surface area (Å²) < 4.78 is 39.5. The minimum absolute atomic E-state index is 0.764. The molecule has 308 valence electrons. The van der Waals surface area contributed by atoms with Crippen molar-refractivity contribution in [2.24, 2.45) is 0 Å². The molecule has 0 radical (unpaired) electrons. The van der Waals surface area contributed by atoms with Gasteiger partial charge in [-0.3, -0.25) is 4.79 Å². The van der Waals surface area contributed by atoms with Crippen molar-refractivity contribution in [2.75, 3.05) is 19.8 Å². The fourth-order valence-corrected chi connectivity index (χ4v) is 7.11. The summed E-state index contributed by atoms with van der Waals surface area (Å²) >= 11 is 3.18. The predicted molar refractivity (Wildman–Crippen MR) is 168 cm³/mol. The second kappa shape index (κ2) is 18.3. The average molecular weight is 843 g/mol. The molecule has 0 saturated carbocycles. The summed E-state index contributed by atoms with van der Waals surface area (Å²) in [5.74, 6) is -5.83. The molecule has 4 rings (SSSR count). The van der Waals surface area contributed by atoms with Crippen LogP contribution in [0.25, 0.3) is 0 Å². The molecule has 0 aliphatic carbocycles. The Morgan fingerprint density at radius 2 is 1.43 bits per heavy atom. The summed E-state index contributed by atoms with van der Waals surface area (Å²) in [5.41, 5.74) is 0. The third kappa shape index (κ3) is 9.29. The topological polar surface area (TPSA) is 374 Å². The Bertz CT molecular complexity index is 1230. The molecule has 21 atom stereocenters. The van der Waals surface area contributed by atoms with Gasteiger partial charge in [-0.15, -0.1) is 0 Å². The number of carbonyl (C=O) groups is 2. The molecule has 4 fully saturated rings. The van der Waals surface area contributed by atoms with Crippen LogP contribution in [0.1, 0.15) is 20.3 Å². The third-order valence-corrected chi connectivity index (χ3v) is 10.5. The van der Waals surface area contributed by atoms with E-state index in [9.17, 15) is 76.0 Å². The maximum absolute atomic E-state index is 12.8. The van der Waals surface area contributed by atoms with E-state index in [1.165, 1.54) is 6.92 Å². The summed E-state index contributed by atoms with van der Waals surface area (Å²) in [6.07, 6.45) is -33.4. The number of aliphatic hydroxyl groups is 12. The van der Waals surface area contributed by atoms with Crippen molar-refractivity contribution in [3.8, 4) is 0 Å². The lowest BCUT2D eigenvalue weighted by molar-refractivity contribution is -0.387. The van der Waals surface area contributed by atoms with Crippen LogP contribution in [0.2, 0.25) is 0 Å². The number of ether oxygens (including phenoxy) is 7. The maximum Gasteiger partial charge on any atom is 0.364 e. The van der Waals surface area contributed by atoms with Crippen LogP contribution in [0.4, 0.5) is 0 Å². The minimum Gasteiger partial charge on any atom is -0.477 e. The lowest BCUT2D eigenvalue weighted by Crippen LogP contribution is -2.71. The van der Waals surface area contributed by atoms with Crippen LogP contribution in [0.3, 0.4) is 0 Å². The van der Waals surface area contributed by atoms with Crippen LogP contribution in [-0.4, -0.2) is 225 Å². The lowest BCUT2D eigenvalue weighted by Gasteiger charge is -2.51. The van der Waals surface area contributed by atoms with Crippen LogP contribution in [0, 0.1) is 0 Å². The predicted octanol–water partition coefficient (Wildman–Crippen LogP) is -7.97. The number of carboxylic acids is 1. The monoisotopic (exact) mass is 841 g/mol. The minimum atomic E-state index is -3.07. The molecular formula is C29H48BrNO22. The molecule has 24 heteroatoms. The second-order valence-electron chi connectivity index (χ2n) is 13.2. The molecule has 4 saturated heterocycles. The average Bonchev–Trinajstić information content (AvgIpc) is 3.11. The maximum atomic E-state index is 12.8. The van der Waals surface area contributed by atoms with Crippen molar-refractivity contribution >= 4 is 27.8 Å². The molecule has 0 bridgehead atoms. The van der Waals surface area contributed by atoms with Gasteiger partial charge in [0, 0.05) is 13.3 Å². The Morgan fingerprint density at radius 3 is 2.00 bits per heavy atom. The molecular weight excluding hydrogens is 794 g/mol. The molecule has 4 aliphatic heterocycles. The van der Waals surface area contributed by atoms with Crippen LogP contribution in [0.15, 0.2) is 0 Å². The van der Waals surface area contributed by atoms with Crippen molar-refractivity contribution in [2.45, 2.75) is 147 Å². The fourth-order valence-electron chi connectivity index (χ4n) is 6.56. The van der Waals surface area contributed by atoms with Crippen molar-refractivity contribution in [3.63, 3.8) is 0 Å². The van der Waals surface area contributed by atoms with Gasteiger partial charge in [-0.2, -0.15) is 0 Å². The highest BCUT2D eigenvalue weighted by Gasteiger charge is 2.60. The van der Waals surface area contributed by atoms with Crippen LogP contribution < -0.4 is 5.32 Å². The summed E-state index contributed by atoms with van der Waals surface area (Å²) in [6, 6.07) is -1.57. The summed E-state index contributed by atoms with van der Waals surface area (Å²) in [6.45, 7) is -0.549. The highest BCUT2D eigenvalue weighted by molar-refractivity contribution is 9.09. The van der Waals surface area contributed by atoms with Crippen LogP contribution in [-0.2, 0) is 42.7 Å². The fraction of sp³-hybridized carbons (Fsp3) is 0.931. The van der Waals surface area contributed by atoms with Gasteiger partial charge in [-0.05, 0) is 6.92 Å². The summed E-state index contributed by atoms with van der Waals surface area (Å²) in [4.78, 5) is 23.4. The molecule has 0 spiro atoms. The van der Waals surface area contributed by atoms with Crippen LogP contribution >= 0.6 is 15.9 Å². The Hall–Kier alpha value is -1.34. The summed E-state index contributed by atoms with van der Waals surface area (Å²) in [7, 11) is 0. The number of halogens is 1. The Kier molecular flexibility index (Phi) is 15.3.